The first kappa shape index (κ1) is 11.3. The number of aryl methyl sites for hydroxylation is 1. The van der Waals surface area contributed by atoms with E-state index in [9.17, 15) is 4.79 Å². The maximum Gasteiger partial charge on any atom is 0.259 e. The molecule has 86 valence electrons. The molecule has 2 aromatic rings. The highest BCUT2D eigenvalue weighted by Crippen LogP contribution is 2.27. The van der Waals surface area contributed by atoms with Crippen molar-refractivity contribution in [1.29, 1.82) is 0 Å². The second-order valence-electron chi connectivity index (χ2n) is 4.14. The number of nitrogens with zero attached hydrogens (tertiary/aromatic N) is 1. The van der Waals surface area contributed by atoms with Gasteiger partial charge >= 0.3 is 0 Å². The summed E-state index contributed by atoms with van der Waals surface area (Å²) in [5, 5.41) is 0.690. The number of nitrogens with one attached hydrogen (secondary N) is 1. The van der Waals surface area contributed by atoms with Gasteiger partial charge in [-0.2, -0.15) is 0 Å². The van der Waals surface area contributed by atoms with Gasteiger partial charge in [-0.25, -0.2) is 4.98 Å². The van der Waals surface area contributed by atoms with E-state index in [1.165, 1.54) is 11.3 Å². The summed E-state index contributed by atoms with van der Waals surface area (Å²) in [5.41, 5.74) is 6.54. The predicted octanol–water partition coefficient (Wildman–Crippen LogP) is 1.88. The van der Waals surface area contributed by atoms with Crippen LogP contribution in [0.3, 0.4) is 0 Å². The first-order valence-electron chi connectivity index (χ1n) is 5.26. The third-order valence-electron chi connectivity index (χ3n) is 2.65. The number of nitrogens with two attached hydrogens (primary N) is 1. The number of fused-ring (bicyclic) bond motifs is 1. The fourth-order valence-electron chi connectivity index (χ4n) is 1.67. The van der Waals surface area contributed by atoms with Crippen LogP contribution in [-0.4, -0.2) is 9.97 Å². The molecule has 2 heterocycles. The van der Waals surface area contributed by atoms with Crippen LogP contribution in [0, 0.1) is 6.92 Å². The third kappa shape index (κ3) is 1.66. The Bertz CT molecular complexity index is 583. The number of H-pyrrole nitrogens is 1. The van der Waals surface area contributed by atoms with E-state index in [1.807, 2.05) is 20.8 Å². The molecule has 0 amide bonds. The number of hydrogen-bond acceptors (Lipinski definition) is 4. The van der Waals surface area contributed by atoms with Crippen molar-refractivity contribution in [3.63, 3.8) is 0 Å². The van der Waals surface area contributed by atoms with Gasteiger partial charge in [0.25, 0.3) is 5.56 Å². The summed E-state index contributed by atoms with van der Waals surface area (Å²) in [6, 6.07) is 0. The van der Waals surface area contributed by atoms with E-state index in [-0.39, 0.29) is 11.5 Å². The second kappa shape index (κ2) is 3.99. The molecular formula is C11H15N3OS. The lowest BCUT2D eigenvalue weighted by Gasteiger charge is -2.02. The van der Waals surface area contributed by atoms with Crippen LogP contribution in [0.4, 0.5) is 0 Å². The van der Waals surface area contributed by atoms with Crippen LogP contribution in [0.1, 0.15) is 36.0 Å². The normalized spacial score (nSPS) is 11.6. The molecule has 0 aliphatic heterocycles. The van der Waals surface area contributed by atoms with Crippen LogP contribution < -0.4 is 11.3 Å². The fraction of sp³-hybridized carbons (Fsp3) is 0.455. The van der Waals surface area contributed by atoms with Gasteiger partial charge in [0.05, 0.1) is 5.39 Å². The van der Waals surface area contributed by atoms with Crippen LogP contribution in [0.15, 0.2) is 4.79 Å². The summed E-state index contributed by atoms with van der Waals surface area (Å²) in [4.78, 5) is 21.1. The van der Waals surface area contributed by atoms with E-state index >= 15 is 0 Å². The minimum atomic E-state index is -0.0536. The summed E-state index contributed by atoms with van der Waals surface area (Å²) in [6.07, 6.45) is 0. The Morgan fingerprint density at radius 1 is 1.50 bits per heavy atom. The molecule has 2 aromatic heterocycles. The molecule has 0 aromatic carbocycles. The lowest BCUT2D eigenvalue weighted by atomic mass is 10.2. The van der Waals surface area contributed by atoms with Crippen molar-refractivity contribution < 1.29 is 0 Å². The number of aromatic nitrogens is 2. The van der Waals surface area contributed by atoms with E-state index in [0.29, 0.717) is 11.9 Å². The predicted molar refractivity (Wildman–Crippen MR) is 67.0 cm³/mol. The molecule has 0 aliphatic rings. The Morgan fingerprint density at radius 3 is 2.75 bits per heavy atom. The Balaban J connectivity index is 2.79. The quantitative estimate of drug-likeness (QED) is 0.837. The molecule has 0 fully saturated rings. The van der Waals surface area contributed by atoms with Crippen molar-refractivity contribution in [1.82, 2.24) is 9.97 Å². The first-order valence-corrected chi connectivity index (χ1v) is 6.08. The van der Waals surface area contributed by atoms with Gasteiger partial charge in [-0.3, -0.25) is 4.79 Å². The van der Waals surface area contributed by atoms with E-state index in [2.05, 4.69) is 9.97 Å². The van der Waals surface area contributed by atoms with Crippen molar-refractivity contribution in [2.24, 2.45) is 5.73 Å². The molecule has 3 N–H and O–H groups in total. The van der Waals surface area contributed by atoms with Crippen LogP contribution >= 0.6 is 11.3 Å². The van der Waals surface area contributed by atoms with Crippen molar-refractivity contribution in [2.75, 3.05) is 0 Å². The number of thiophene rings is 1. The molecule has 0 aliphatic carbocycles. The molecule has 0 saturated carbocycles. The molecule has 5 heteroatoms. The number of hydrogen-bond donors (Lipinski definition) is 2. The third-order valence-corrected chi connectivity index (χ3v) is 3.86. The van der Waals surface area contributed by atoms with Gasteiger partial charge in [-0.15, -0.1) is 11.3 Å². The lowest BCUT2D eigenvalue weighted by Crippen LogP contribution is -2.12. The highest BCUT2D eigenvalue weighted by molar-refractivity contribution is 7.18. The van der Waals surface area contributed by atoms with Crippen molar-refractivity contribution in [2.45, 2.75) is 33.2 Å². The van der Waals surface area contributed by atoms with Crippen LogP contribution in [-0.2, 0) is 6.54 Å². The van der Waals surface area contributed by atoms with E-state index in [4.69, 9.17) is 5.73 Å². The Morgan fingerprint density at radius 2 is 2.19 bits per heavy atom. The molecular weight excluding hydrogens is 222 g/mol. The van der Waals surface area contributed by atoms with E-state index in [0.717, 1.165) is 21.1 Å². The van der Waals surface area contributed by atoms with Crippen LogP contribution in [0.25, 0.3) is 10.2 Å². The molecule has 16 heavy (non-hydrogen) atoms. The highest BCUT2D eigenvalue weighted by Gasteiger charge is 2.14. The average molecular weight is 237 g/mol. The lowest BCUT2D eigenvalue weighted by molar-refractivity contribution is 0.778. The first-order chi connectivity index (χ1) is 7.54. The van der Waals surface area contributed by atoms with Gasteiger partial charge < -0.3 is 10.7 Å². The van der Waals surface area contributed by atoms with Crippen LogP contribution in [0.2, 0.25) is 0 Å². The maximum absolute atomic E-state index is 11.9. The molecule has 0 saturated heterocycles. The van der Waals surface area contributed by atoms with Crippen LogP contribution in [0.5, 0.6) is 0 Å². The minimum absolute atomic E-state index is 0.0536. The number of rotatable bonds is 2. The van der Waals surface area contributed by atoms with Gasteiger partial charge in [0, 0.05) is 17.3 Å². The maximum atomic E-state index is 11.9. The Labute approximate surface area is 97.5 Å². The van der Waals surface area contributed by atoms with Gasteiger partial charge in [0.15, 0.2) is 0 Å². The zero-order valence-corrected chi connectivity index (χ0v) is 10.4. The molecule has 0 atom stereocenters. The topological polar surface area (TPSA) is 71.8 Å². The van der Waals surface area contributed by atoms with Gasteiger partial charge in [-0.05, 0) is 12.5 Å². The Hall–Kier alpha value is -1.20. The minimum Gasteiger partial charge on any atom is -0.326 e. The van der Waals surface area contributed by atoms with E-state index in [1.54, 1.807) is 0 Å². The van der Waals surface area contributed by atoms with Gasteiger partial charge in [0.1, 0.15) is 10.7 Å². The standard InChI is InChI=1S/C11H15N3OS/c1-5(2)9-13-10(15)8-6(3)7(4-12)16-11(8)14-9/h5H,4,12H2,1-3H3,(H,13,14,15). The van der Waals surface area contributed by atoms with Gasteiger partial charge in [0.2, 0.25) is 0 Å². The van der Waals surface area contributed by atoms with Crippen molar-refractivity contribution in [3.8, 4) is 0 Å². The molecule has 0 radical (unpaired) electrons. The van der Waals surface area contributed by atoms with Crippen molar-refractivity contribution in [3.05, 3.63) is 26.6 Å². The van der Waals surface area contributed by atoms with E-state index < -0.39 is 0 Å². The smallest absolute Gasteiger partial charge is 0.259 e. The zero-order chi connectivity index (χ0) is 11.9. The summed E-state index contributed by atoms with van der Waals surface area (Å²) >= 11 is 1.51. The largest absolute Gasteiger partial charge is 0.326 e. The van der Waals surface area contributed by atoms with Crippen molar-refractivity contribution >= 4 is 21.6 Å². The number of aromatic amines is 1. The summed E-state index contributed by atoms with van der Waals surface area (Å²) < 4.78 is 0. The molecule has 2 rings (SSSR count). The molecule has 0 spiro atoms. The SMILES string of the molecule is Cc1c(CN)sc2nc(C(C)C)[nH]c(=O)c12. The molecule has 0 bridgehead atoms. The summed E-state index contributed by atoms with van der Waals surface area (Å²) in [6.45, 7) is 6.40. The second-order valence-corrected chi connectivity index (χ2v) is 5.22. The fourth-order valence-corrected chi connectivity index (χ4v) is 2.74. The highest BCUT2D eigenvalue weighted by atomic mass is 32.1. The molecule has 4 nitrogen and oxygen atoms in total. The van der Waals surface area contributed by atoms with Gasteiger partial charge in [-0.1, -0.05) is 13.8 Å². The monoisotopic (exact) mass is 237 g/mol. The molecule has 0 unspecified atom stereocenters. The Kier molecular flexibility index (Phi) is 2.82. The zero-order valence-electron chi connectivity index (χ0n) is 9.63. The summed E-state index contributed by atoms with van der Waals surface area (Å²) in [5.74, 6) is 0.961. The summed E-state index contributed by atoms with van der Waals surface area (Å²) in [7, 11) is 0. The average Bonchev–Trinajstić information content (AvgIpc) is 2.55.